The van der Waals surface area contributed by atoms with Gasteiger partial charge in [-0.05, 0) is 79.3 Å². The van der Waals surface area contributed by atoms with E-state index in [9.17, 15) is 4.79 Å². The van der Waals surface area contributed by atoms with Gasteiger partial charge >= 0.3 is 0 Å². The molecule has 1 unspecified atom stereocenters. The lowest BCUT2D eigenvalue weighted by Gasteiger charge is -2.40. The van der Waals surface area contributed by atoms with E-state index in [1.54, 1.807) is 7.11 Å². The highest BCUT2D eigenvalue weighted by atomic mass is 16.5. The zero-order chi connectivity index (χ0) is 30.1. The van der Waals surface area contributed by atoms with Crippen LogP contribution in [0.3, 0.4) is 0 Å². The topological polar surface area (TPSA) is 87.6 Å². The van der Waals surface area contributed by atoms with Crippen molar-refractivity contribution in [3.05, 3.63) is 82.7 Å². The average molecular weight is 580 g/mol. The van der Waals surface area contributed by atoms with Gasteiger partial charge in [-0.15, -0.1) is 0 Å². The van der Waals surface area contributed by atoms with Crippen LogP contribution in [0.5, 0.6) is 0 Å². The summed E-state index contributed by atoms with van der Waals surface area (Å²) >= 11 is 0. The number of rotatable bonds is 8. The molecule has 9 heteroatoms. The van der Waals surface area contributed by atoms with E-state index in [1.807, 2.05) is 24.0 Å². The highest BCUT2D eigenvalue weighted by Gasteiger charge is 2.28. The number of methoxy groups -OCH3 is 1. The van der Waals surface area contributed by atoms with E-state index in [0.29, 0.717) is 11.5 Å². The number of nitrogens with one attached hydrogen (secondary N) is 2. The highest BCUT2D eigenvalue weighted by molar-refractivity contribution is 6.07. The number of amides is 1. The van der Waals surface area contributed by atoms with Gasteiger partial charge in [0.25, 0.3) is 5.91 Å². The van der Waals surface area contributed by atoms with E-state index >= 15 is 0 Å². The third-order valence-corrected chi connectivity index (χ3v) is 8.77. The van der Waals surface area contributed by atoms with Crippen LogP contribution in [0.2, 0.25) is 0 Å². The van der Waals surface area contributed by atoms with Crippen LogP contribution in [0.15, 0.2) is 54.9 Å². The normalized spacial score (nSPS) is 16.5. The lowest BCUT2D eigenvalue weighted by Crippen LogP contribution is -2.52. The van der Waals surface area contributed by atoms with Crippen LogP contribution >= 0.6 is 0 Å². The van der Waals surface area contributed by atoms with Crippen LogP contribution in [0.25, 0.3) is 11.4 Å². The van der Waals surface area contributed by atoms with Gasteiger partial charge in [0.2, 0.25) is 5.95 Å². The summed E-state index contributed by atoms with van der Waals surface area (Å²) in [5.41, 5.74) is 9.98. The standard InChI is InChI=1S/C34H41N7O2/c1-6-22-9-8-10-23(7-2)30(22)37-33(42)28-20-40(4)32-27(28)16-11-24-19-35-34(38-31(24)32)36-25-12-14-26(15-13-25)41-18-17-39(3)21-29(41)43-5/h8-10,12-15,19-20,29H,6-7,11,16-18,21H2,1-5H3,(H,37,42)(H,35,36,38). The number of aryl methyl sites for hydroxylation is 4. The maximum absolute atomic E-state index is 13.7. The van der Waals surface area contributed by atoms with Gasteiger partial charge in [-0.25, -0.2) is 9.97 Å². The van der Waals surface area contributed by atoms with Crippen LogP contribution in [-0.2, 0) is 37.5 Å². The molecule has 0 saturated carbocycles. The number of nitrogens with zero attached hydrogens (tertiary/aromatic N) is 5. The minimum absolute atomic E-state index is 0.0306. The molecule has 0 spiro atoms. The number of anilines is 4. The number of carbonyl (C=O) groups excluding carboxylic acids is 1. The number of benzene rings is 2. The van der Waals surface area contributed by atoms with Crippen molar-refractivity contribution in [1.29, 1.82) is 0 Å². The van der Waals surface area contributed by atoms with Crippen molar-refractivity contribution < 1.29 is 9.53 Å². The maximum Gasteiger partial charge on any atom is 0.257 e. The van der Waals surface area contributed by atoms with Gasteiger partial charge in [-0.1, -0.05) is 32.0 Å². The van der Waals surface area contributed by atoms with Crippen molar-refractivity contribution in [2.75, 3.05) is 49.3 Å². The molecule has 4 aromatic rings. The average Bonchev–Trinajstić information content (AvgIpc) is 3.38. The van der Waals surface area contributed by atoms with Crippen molar-refractivity contribution in [3.63, 3.8) is 0 Å². The fourth-order valence-corrected chi connectivity index (χ4v) is 6.38. The summed E-state index contributed by atoms with van der Waals surface area (Å²) in [5.74, 6) is 0.463. The first-order valence-electron chi connectivity index (χ1n) is 15.2. The van der Waals surface area contributed by atoms with Gasteiger partial charge in [-0.3, -0.25) is 4.79 Å². The minimum Gasteiger partial charge on any atom is -0.360 e. The monoisotopic (exact) mass is 579 g/mol. The van der Waals surface area contributed by atoms with Crippen LogP contribution in [-0.4, -0.2) is 65.4 Å². The Balaban J connectivity index is 1.24. The second-order valence-electron chi connectivity index (χ2n) is 11.5. The predicted octanol–water partition coefficient (Wildman–Crippen LogP) is 5.43. The van der Waals surface area contributed by atoms with E-state index < -0.39 is 0 Å². The summed E-state index contributed by atoms with van der Waals surface area (Å²) in [7, 11) is 5.88. The quantitative estimate of drug-likeness (QED) is 0.288. The summed E-state index contributed by atoms with van der Waals surface area (Å²) in [6, 6.07) is 14.6. The van der Waals surface area contributed by atoms with E-state index in [-0.39, 0.29) is 12.1 Å². The first-order valence-corrected chi connectivity index (χ1v) is 15.2. The number of ether oxygens (including phenoxy) is 1. The van der Waals surface area contributed by atoms with E-state index in [1.165, 1.54) is 0 Å². The van der Waals surface area contributed by atoms with Crippen molar-refractivity contribution >= 4 is 28.9 Å². The molecule has 0 radical (unpaired) electrons. The number of hydrogen-bond acceptors (Lipinski definition) is 7. The maximum atomic E-state index is 13.7. The molecule has 2 aromatic carbocycles. The smallest absolute Gasteiger partial charge is 0.257 e. The summed E-state index contributed by atoms with van der Waals surface area (Å²) in [5, 5.41) is 6.64. The van der Waals surface area contributed by atoms with Gasteiger partial charge in [0.1, 0.15) is 6.23 Å². The number of fused-ring (bicyclic) bond motifs is 3. The second kappa shape index (κ2) is 12.2. The molecule has 224 valence electrons. The van der Waals surface area contributed by atoms with Gasteiger partial charge in [-0.2, -0.15) is 0 Å². The van der Waals surface area contributed by atoms with Crippen molar-refractivity contribution in [2.45, 2.75) is 45.8 Å². The Kier molecular flexibility index (Phi) is 8.19. The van der Waals surface area contributed by atoms with Crippen molar-refractivity contribution in [3.8, 4) is 11.4 Å². The first kappa shape index (κ1) is 28.9. The molecular formula is C34H41N7O2. The number of aromatic nitrogens is 3. The fourth-order valence-electron chi connectivity index (χ4n) is 6.38. The molecule has 2 N–H and O–H groups in total. The second-order valence-corrected chi connectivity index (χ2v) is 11.5. The SMILES string of the molecule is CCc1cccc(CC)c1NC(=O)c1cn(C)c2c1CCc1cnc(Nc3ccc(N4CCN(C)CC4OC)cc3)nc1-2. The van der Waals surface area contributed by atoms with Gasteiger partial charge in [0.05, 0.1) is 17.0 Å². The molecule has 2 aromatic heterocycles. The van der Waals surface area contributed by atoms with Crippen LogP contribution in [0.1, 0.15) is 46.5 Å². The molecule has 1 saturated heterocycles. The van der Waals surface area contributed by atoms with Gasteiger partial charge in [0, 0.05) is 63.2 Å². The Hall–Kier alpha value is -4.21. The molecule has 6 rings (SSSR count). The number of piperazine rings is 1. The summed E-state index contributed by atoms with van der Waals surface area (Å²) < 4.78 is 7.76. The summed E-state index contributed by atoms with van der Waals surface area (Å²) in [4.78, 5) is 27.8. The summed E-state index contributed by atoms with van der Waals surface area (Å²) in [6.07, 6.45) is 7.17. The van der Waals surface area contributed by atoms with Crippen molar-refractivity contribution in [1.82, 2.24) is 19.4 Å². The molecule has 1 aliphatic heterocycles. The van der Waals surface area contributed by atoms with E-state index in [4.69, 9.17) is 9.72 Å². The molecule has 0 bridgehead atoms. The zero-order valence-electron chi connectivity index (χ0n) is 25.8. The Labute approximate surface area is 253 Å². The molecule has 1 aliphatic carbocycles. The Morgan fingerprint density at radius 1 is 1.02 bits per heavy atom. The van der Waals surface area contributed by atoms with E-state index in [2.05, 4.69) is 88.8 Å². The Morgan fingerprint density at radius 3 is 2.47 bits per heavy atom. The van der Waals surface area contributed by atoms with E-state index in [0.717, 1.165) is 96.0 Å². The molecule has 1 fully saturated rings. The van der Waals surface area contributed by atoms with Crippen molar-refractivity contribution in [2.24, 2.45) is 7.05 Å². The van der Waals surface area contributed by atoms with Crippen LogP contribution in [0.4, 0.5) is 23.0 Å². The third-order valence-electron chi connectivity index (χ3n) is 8.77. The largest absolute Gasteiger partial charge is 0.360 e. The first-order chi connectivity index (χ1) is 20.9. The molecule has 3 heterocycles. The Morgan fingerprint density at radius 2 is 1.77 bits per heavy atom. The lowest BCUT2D eigenvalue weighted by atomic mass is 9.92. The highest BCUT2D eigenvalue weighted by Crippen LogP contribution is 2.36. The summed E-state index contributed by atoms with van der Waals surface area (Å²) in [6.45, 7) is 7.03. The number of carbonyl (C=O) groups is 1. The number of likely N-dealkylation sites (N-methyl/N-ethyl adjacent to an activating group) is 1. The Bertz CT molecular complexity index is 1610. The molecule has 43 heavy (non-hydrogen) atoms. The number of para-hydroxylation sites is 1. The predicted molar refractivity (Wildman–Crippen MR) is 172 cm³/mol. The van der Waals surface area contributed by atoms with Gasteiger partial charge in [0.15, 0.2) is 0 Å². The lowest BCUT2D eigenvalue weighted by molar-refractivity contribution is 0.0498. The molecule has 9 nitrogen and oxygen atoms in total. The third kappa shape index (κ3) is 5.62. The van der Waals surface area contributed by atoms with Gasteiger partial charge < -0.3 is 29.7 Å². The molecule has 1 atom stereocenters. The van der Waals surface area contributed by atoms with Crippen LogP contribution in [0, 0.1) is 0 Å². The zero-order valence-corrected chi connectivity index (χ0v) is 25.8. The molecule has 1 amide bonds. The molecular weight excluding hydrogens is 538 g/mol. The van der Waals surface area contributed by atoms with Crippen LogP contribution < -0.4 is 15.5 Å². The molecule has 2 aliphatic rings. The minimum atomic E-state index is -0.0699. The fraction of sp³-hybridized carbons (Fsp3) is 0.382. The number of hydrogen-bond donors (Lipinski definition) is 2.